The van der Waals surface area contributed by atoms with Crippen LogP contribution in [0.25, 0.3) is 20.8 Å². The normalized spacial score (nSPS) is 11.1. The molecule has 0 atom stereocenters. The van der Waals surface area contributed by atoms with Crippen LogP contribution < -0.4 is 5.32 Å². The van der Waals surface area contributed by atoms with Gasteiger partial charge in [-0.3, -0.25) is 4.79 Å². The van der Waals surface area contributed by atoms with Gasteiger partial charge in [-0.15, -0.1) is 22.7 Å². The largest absolute Gasteiger partial charge is 0.321 e. The lowest BCUT2D eigenvalue weighted by Crippen LogP contribution is -2.11. The quantitative estimate of drug-likeness (QED) is 0.473. The zero-order valence-electron chi connectivity index (χ0n) is 15.4. The number of hydrogen-bond donors (Lipinski definition) is 1. The molecule has 136 valence electrons. The van der Waals surface area contributed by atoms with E-state index in [1.807, 2.05) is 32.0 Å². The Morgan fingerprint density at radius 3 is 2.56 bits per heavy atom. The van der Waals surface area contributed by atoms with Crippen molar-refractivity contribution in [3.63, 3.8) is 0 Å². The van der Waals surface area contributed by atoms with Gasteiger partial charge in [0, 0.05) is 11.3 Å². The first kappa shape index (κ1) is 17.8. The van der Waals surface area contributed by atoms with Crippen molar-refractivity contribution in [1.29, 1.82) is 0 Å². The van der Waals surface area contributed by atoms with E-state index in [1.165, 1.54) is 16.9 Å². The van der Waals surface area contributed by atoms with Crippen molar-refractivity contribution in [1.82, 2.24) is 9.97 Å². The van der Waals surface area contributed by atoms with Crippen LogP contribution in [-0.2, 0) is 6.42 Å². The molecular weight excluding hydrogens is 374 g/mol. The zero-order valence-corrected chi connectivity index (χ0v) is 17.0. The number of nitrogens with zero attached hydrogens (tertiary/aromatic N) is 2. The number of fused-ring (bicyclic) bond motifs is 1. The molecule has 0 saturated heterocycles. The summed E-state index contributed by atoms with van der Waals surface area (Å²) in [6.45, 7) is 6.00. The van der Waals surface area contributed by atoms with E-state index in [9.17, 15) is 4.79 Å². The van der Waals surface area contributed by atoms with Crippen LogP contribution in [0.2, 0.25) is 0 Å². The highest BCUT2D eigenvalue weighted by Crippen LogP contribution is 2.30. The number of rotatable bonds is 4. The summed E-state index contributed by atoms with van der Waals surface area (Å²) in [6.07, 6.45) is 1.01. The number of anilines is 1. The summed E-state index contributed by atoms with van der Waals surface area (Å²) < 4.78 is 1.07. The molecule has 0 unspecified atom stereocenters. The summed E-state index contributed by atoms with van der Waals surface area (Å²) in [5.74, 6) is -0.123. The molecular formula is C21H19N3OS2. The van der Waals surface area contributed by atoms with E-state index in [1.54, 1.807) is 11.3 Å². The fourth-order valence-corrected chi connectivity index (χ4v) is 4.75. The molecule has 0 fully saturated rings. The molecule has 27 heavy (non-hydrogen) atoms. The molecule has 1 amide bonds. The van der Waals surface area contributed by atoms with E-state index >= 15 is 0 Å². The Kier molecular flexibility index (Phi) is 4.76. The van der Waals surface area contributed by atoms with Gasteiger partial charge in [-0.1, -0.05) is 31.2 Å². The molecule has 1 N–H and O–H groups in total. The van der Waals surface area contributed by atoms with Crippen molar-refractivity contribution in [2.75, 3.05) is 5.32 Å². The highest BCUT2D eigenvalue weighted by molar-refractivity contribution is 7.18. The topological polar surface area (TPSA) is 54.9 Å². The number of amides is 1. The molecule has 2 aromatic heterocycles. The standard InChI is InChI=1S/C21H19N3OS2/c1-4-14-5-7-15(8-6-14)21-22-12(2)19(27-21)20(25)24-16-9-10-17-18(11-16)26-13(3)23-17/h5-11H,4H2,1-3H3,(H,24,25). The molecule has 0 aliphatic heterocycles. The smallest absolute Gasteiger partial charge is 0.267 e. The van der Waals surface area contributed by atoms with Crippen LogP contribution in [0.5, 0.6) is 0 Å². The lowest BCUT2D eigenvalue weighted by atomic mass is 10.1. The summed E-state index contributed by atoms with van der Waals surface area (Å²) in [4.78, 5) is 22.5. The van der Waals surface area contributed by atoms with Crippen molar-refractivity contribution in [2.24, 2.45) is 0 Å². The first-order valence-electron chi connectivity index (χ1n) is 8.79. The zero-order chi connectivity index (χ0) is 19.0. The summed E-state index contributed by atoms with van der Waals surface area (Å²) in [5.41, 5.74) is 4.82. The third kappa shape index (κ3) is 3.63. The second-order valence-corrected chi connectivity index (χ2v) is 8.59. The first-order chi connectivity index (χ1) is 13.0. The highest BCUT2D eigenvalue weighted by atomic mass is 32.1. The number of aryl methyl sites for hydroxylation is 3. The second kappa shape index (κ2) is 7.21. The lowest BCUT2D eigenvalue weighted by molar-refractivity contribution is 0.103. The third-order valence-corrected chi connectivity index (χ3v) is 6.50. The van der Waals surface area contributed by atoms with E-state index in [0.717, 1.165) is 43.6 Å². The number of benzene rings is 2. The molecule has 2 aromatic carbocycles. The van der Waals surface area contributed by atoms with Crippen LogP contribution in [0, 0.1) is 13.8 Å². The van der Waals surface area contributed by atoms with Crippen LogP contribution in [-0.4, -0.2) is 15.9 Å². The van der Waals surface area contributed by atoms with Crippen molar-refractivity contribution >= 4 is 44.5 Å². The maximum atomic E-state index is 12.8. The van der Waals surface area contributed by atoms with E-state index in [2.05, 4.69) is 46.5 Å². The Labute approximate surface area is 165 Å². The summed E-state index contributed by atoms with van der Waals surface area (Å²) >= 11 is 3.05. The van der Waals surface area contributed by atoms with E-state index in [4.69, 9.17) is 0 Å². The predicted octanol–water partition coefficient (Wildman–Crippen LogP) is 5.85. The lowest BCUT2D eigenvalue weighted by Gasteiger charge is -2.03. The Balaban J connectivity index is 1.58. The van der Waals surface area contributed by atoms with Crippen molar-refractivity contribution < 1.29 is 4.79 Å². The molecule has 2 heterocycles. The van der Waals surface area contributed by atoms with Crippen LogP contribution in [0.1, 0.15) is 32.9 Å². The highest BCUT2D eigenvalue weighted by Gasteiger charge is 2.17. The van der Waals surface area contributed by atoms with Crippen LogP contribution in [0.3, 0.4) is 0 Å². The van der Waals surface area contributed by atoms with Gasteiger partial charge in [-0.05, 0) is 44.0 Å². The summed E-state index contributed by atoms with van der Waals surface area (Å²) in [6, 6.07) is 14.2. The average Bonchev–Trinajstić information content (AvgIpc) is 3.23. The molecule has 6 heteroatoms. The van der Waals surface area contributed by atoms with E-state index in [-0.39, 0.29) is 5.91 Å². The van der Waals surface area contributed by atoms with Crippen molar-refractivity contribution in [3.05, 3.63) is 63.6 Å². The number of hydrogen-bond acceptors (Lipinski definition) is 5. The number of nitrogens with one attached hydrogen (secondary N) is 1. The SMILES string of the molecule is CCc1ccc(-c2nc(C)c(C(=O)Nc3ccc4nc(C)sc4c3)s2)cc1. The Bertz CT molecular complexity index is 1130. The maximum Gasteiger partial charge on any atom is 0.267 e. The predicted molar refractivity (Wildman–Crippen MR) is 114 cm³/mol. The van der Waals surface area contributed by atoms with Crippen LogP contribution in [0.15, 0.2) is 42.5 Å². The minimum Gasteiger partial charge on any atom is -0.321 e. The number of carbonyl (C=O) groups excluding carboxylic acids is 1. The number of thiazole rings is 2. The van der Waals surface area contributed by atoms with Gasteiger partial charge in [0.15, 0.2) is 0 Å². The van der Waals surface area contributed by atoms with Gasteiger partial charge in [-0.25, -0.2) is 9.97 Å². The van der Waals surface area contributed by atoms with Gasteiger partial charge in [0.05, 0.1) is 20.9 Å². The monoisotopic (exact) mass is 393 g/mol. The summed E-state index contributed by atoms with van der Waals surface area (Å²) in [7, 11) is 0. The molecule has 0 bridgehead atoms. The summed E-state index contributed by atoms with van der Waals surface area (Å²) in [5, 5.41) is 4.88. The Morgan fingerprint density at radius 1 is 1.04 bits per heavy atom. The molecule has 0 spiro atoms. The van der Waals surface area contributed by atoms with Gasteiger partial charge in [0.25, 0.3) is 5.91 Å². The van der Waals surface area contributed by atoms with Gasteiger partial charge in [0.2, 0.25) is 0 Å². The fourth-order valence-electron chi connectivity index (χ4n) is 2.92. The van der Waals surface area contributed by atoms with Crippen LogP contribution in [0.4, 0.5) is 5.69 Å². The second-order valence-electron chi connectivity index (χ2n) is 6.35. The first-order valence-corrected chi connectivity index (χ1v) is 10.4. The third-order valence-electron chi connectivity index (χ3n) is 4.37. The van der Waals surface area contributed by atoms with Crippen LogP contribution >= 0.6 is 22.7 Å². The van der Waals surface area contributed by atoms with Gasteiger partial charge in [0.1, 0.15) is 9.88 Å². The maximum absolute atomic E-state index is 12.8. The Hall–Kier alpha value is -2.57. The van der Waals surface area contributed by atoms with Crippen molar-refractivity contribution in [2.45, 2.75) is 27.2 Å². The van der Waals surface area contributed by atoms with E-state index in [0.29, 0.717) is 4.88 Å². The molecule has 0 saturated carbocycles. The van der Waals surface area contributed by atoms with Crippen molar-refractivity contribution in [3.8, 4) is 10.6 Å². The molecule has 4 aromatic rings. The minimum absolute atomic E-state index is 0.123. The van der Waals surface area contributed by atoms with Gasteiger partial charge in [-0.2, -0.15) is 0 Å². The average molecular weight is 394 g/mol. The molecule has 0 aliphatic rings. The van der Waals surface area contributed by atoms with Gasteiger partial charge < -0.3 is 5.32 Å². The van der Waals surface area contributed by atoms with E-state index < -0.39 is 0 Å². The number of carbonyl (C=O) groups is 1. The minimum atomic E-state index is -0.123. The van der Waals surface area contributed by atoms with Gasteiger partial charge >= 0.3 is 0 Å². The molecule has 0 radical (unpaired) electrons. The number of aromatic nitrogens is 2. The molecule has 0 aliphatic carbocycles. The molecule has 4 nitrogen and oxygen atoms in total. The molecule has 4 rings (SSSR count). The Morgan fingerprint density at radius 2 is 1.81 bits per heavy atom. The fraction of sp³-hybridized carbons (Fsp3) is 0.190.